The van der Waals surface area contributed by atoms with Crippen molar-refractivity contribution < 1.29 is 24.2 Å². The summed E-state index contributed by atoms with van der Waals surface area (Å²) in [5.41, 5.74) is 0.701. The number of amides is 2. The minimum absolute atomic E-state index is 0.0797. The van der Waals surface area contributed by atoms with Crippen molar-refractivity contribution >= 4 is 29.4 Å². The van der Waals surface area contributed by atoms with Gasteiger partial charge in [0.25, 0.3) is 0 Å². The smallest absolute Gasteiger partial charge is 0.310 e. The van der Waals surface area contributed by atoms with Crippen LogP contribution in [0.5, 0.6) is 5.75 Å². The fourth-order valence-electron chi connectivity index (χ4n) is 7.87. The summed E-state index contributed by atoms with van der Waals surface area (Å²) in [4.78, 5) is 43.8. The maximum absolute atomic E-state index is 14.4. The lowest BCUT2D eigenvalue weighted by molar-refractivity contribution is -0.162. The molecule has 1 spiro atoms. The minimum atomic E-state index is -1.12. The van der Waals surface area contributed by atoms with E-state index in [-0.39, 0.29) is 23.8 Å². The van der Waals surface area contributed by atoms with Gasteiger partial charge in [-0.1, -0.05) is 24.4 Å². The Kier molecular flexibility index (Phi) is 6.75. The zero-order valence-electron chi connectivity index (χ0n) is 24.1. The zero-order chi connectivity index (χ0) is 29.2. The van der Waals surface area contributed by atoms with E-state index in [1.54, 1.807) is 6.92 Å². The van der Waals surface area contributed by atoms with Crippen molar-refractivity contribution in [3.8, 4) is 5.75 Å². The van der Waals surface area contributed by atoms with Crippen LogP contribution in [-0.2, 0) is 40.4 Å². The molecular formula is C31H38ClN5O5. The van der Waals surface area contributed by atoms with E-state index in [2.05, 4.69) is 14.8 Å². The van der Waals surface area contributed by atoms with Gasteiger partial charge >= 0.3 is 5.97 Å². The molecule has 5 aliphatic rings. The number of halogens is 1. The summed E-state index contributed by atoms with van der Waals surface area (Å²) >= 11 is 6.78. The van der Waals surface area contributed by atoms with E-state index in [1.807, 2.05) is 21.9 Å². The molecule has 7 rings (SSSR count). The van der Waals surface area contributed by atoms with Gasteiger partial charge < -0.3 is 24.2 Å². The molecule has 4 heterocycles. The number of likely N-dealkylation sites (tertiary alicyclic amines) is 1. The molecule has 2 saturated carbocycles. The number of aryl methyl sites for hydroxylation is 1. The van der Waals surface area contributed by atoms with Crippen molar-refractivity contribution in [3.05, 3.63) is 39.9 Å². The number of carboxylic acids is 1. The molecule has 0 radical (unpaired) electrons. The number of carboxylic acid groups (broad SMARTS) is 1. The van der Waals surface area contributed by atoms with E-state index in [0.717, 1.165) is 67.8 Å². The van der Waals surface area contributed by atoms with Crippen molar-refractivity contribution in [1.82, 2.24) is 24.6 Å². The first kappa shape index (κ1) is 27.7. The van der Waals surface area contributed by atoms with Gasteiger partial charge in [0.1, 0.15) is 18.2 Å². The van der Waals surface area contributed by atoms with Crippen molar-refractivity contribution in [2.24, 2.45) is 16.7 Å². The Labute approximate surface area is 250 Å². The molecule has 3 fully saturated rings. The van der Waals surface area contributed by atoms with Gasteiger partial charge in [0.15, 0.2) is 5.82 Å². The Bertz CT molecular complexity index is 1450. The Balaban J connectivity index is 1.25. The number of hydrogen-bond donors (Lipinski definition) is 1. The summed E-state index contributed by atoms with van der Waals surface area (Å²) < 4.78 is 8.54. The topological polar surface area (TPSA) is 118 Å². The summed E-state index contributed by atoms with van der Waals surface area (Å²) in [7, 11) is 0. The second kappa shape index (κ2) is 10.2. The average Bonchev–Trinajstić information content (AvgIpc) is 3.26. The molecule has 2 amide bonds. The summed E-state index contributed by atoms with van der Waals surface area (Å²) in [6.45, 7) is 4.26. The van der Waals surface area contributed by atoms with E-state index < -0.39 is 23.3 Å². The Hall–Kier alpha value is -3.14. The number of hydrogen-bond acceptors (Lipinski definition) is 6. The van der Waals surface area contributed by atoms with Crippen LogP contribution in [0.15, 0.2) is 12.1 Å². The van der Waals surface area contributed by atoms with Crippen LogP contribution in [-0.4, -0.2) is 67.1 Å². The zero-order valence-corrected chi connectivity index (χ0v) is 24.9. The number of carbonyl (C=O) groups is 3. The second-order valence-corrected chi connectivity index (χ2v) is 13.7. The number of benzene rings is 1. The van der Waals surface area contributed by atoms with E-state index in [0.29, 0.717) is 56.1 Å². The standard InChI is InChI=1S/C31H38ClN5O5/c1-30(29(40)41)10-3-2-5-20(30)28(39)36-14-9-19-21(32)7-8-23(42-17-25-34-33-24-6-4-13-37(24)25)27(19)22(36)16-35-18-31(11-12-31)15-26(35)38/h7-8,20,22H,2-6,9-18H2,1H3,(H,40,41)/t20-,22+,30-/m0/s1. The number of rotatable bonds is 7. The molecule has 3 aliphatic heterocycles. The van der Waals surface area contributed by atoms with Crippen LogP contribution in [0, 0.1) is 16.7 Å². The van der Waals surface area contributed by atoms with Crippen molar-refractivity contribution in [2.75, 3.05) is 19.6 Å². The van der Waals surface area contributed by atoms with Crippen molar-refractivity contribution in [3.63, 3.8) is 0 Å². The van der Waals surface area contributed by atoms with Crippen LogP contribution >= 0.6 is 11.6 Å². The highest BCUT2D eigenvalue weighted by Crippen LogP contribution is 2.54. The van der Waals surface area contributed by atoms with Crippen LogP contribution in [0.25, 0.3) is 0 Å². The number of ether oxygens (including phenoxy) is 1. The molecule has 224 valence electrons. The van der Waals surface area contributed by atoms with Crippen LogP contribution in [0.1, 0.15) is 87.1 Å². The van der Waals surface area contributed by atoms with Crippen molar-refractivity contribution in [1.29, 1.82) is 0 Å². The highest BCUT2D eigenvalue weighted by atomic mass is 35.5. The lowest BCUT2D eigenvalue weighted by atomic mass is 9.66. The molecule has 1 N–H and O–H groups in total. The number of fused-ring (bicyclic) bond motifs is 2. The predicted octanol–water partition coefficient (Wildman–Crippen LogP) is 4.18. The summed E-state index contributed by atoms with van der Waals surface area (Å²) in [5, 5.41) is 19.5. The quantitative estimate of drug-likeness (QED) is 0.510. The first-order valence-corrected chi connectivity index (χ1v) is 15.7. The number of carbonyl (C=O) groups excluding carboxylic acids is 2. The van der Waals surface area contributed by atoms with Crippen LogP contribution < -0.4 is 4.74 Å². The third-order valence-electron chi connectivity index (χ3n) is 10.6. The average molecular weight is 596 g/mol. The monoisotopic (exact) mass is 595 g/mol. The molecular weight excluding hydrogens is 558 g/mol. The highest BCUT2D eigenvalue weighted by molar-refractivity contribution is 6.31. The fraction of sp³-hybridized carbons (Fsp3) is 0.645. The largest absolute Gasteiger partial charge is 0.485 e. The molecule has 10 nitrogen and oxygen atoms in total. The molecule has 42 heavy (non-hydrogen) atoms. The SMILES string of the molecule is C[C@]1(C(=O)O)CCCC[C@H]1C(=O)N1CCc2c(Cl)ccc(OCc3nnc4n3CCC4)c2[C@H]1CN1CC2(CC2)CC1=O. The number of aliphatic carboxylic acids is 1. The third kappa shape index (κ3) is 4.57. The maximum atomic E-state index is 14.4. The third-order valence-corrected chi connectivity index (χ3v) is 11.0. The normalized spacial score (nSPS) is 27.7. The number of nitrogens with zero attached hydrogens (tertiary/aromatic N) is 5. The van der Waals surface area contributed by atoms with Gasteiger partial charge in [-0.25, -0.2) is 0 Å². The molecule has 2 aliphatic carbocycles. The maximum Gasteiger partial charge on any atom is 0.310 e. The van der Waals surface area contributed by atoms with E-state index in [1.165, 1.54) is 0 Å². The van der Waals surface area contributed by atoms with Gasteiger partial charge in [0.05, 0.1) is 17.4 Å². The highest BCUT2D eigenvalue weighted by Gasteiger charge is 2.54. The Morgan fingerprint density at radius 1 is 1.12 bits per heavy atom. The molecule has 1 aromatic carbocycles. The van der Waals surface area contributed by atoms with Crippen LogP contribution in [0.4, 0.5) is 0 Å². The first-order chi connectivity index (χ1) is 20.2. The van der Waals surface area contributed by atoms with Gasteiger partial charge in [0, 0.05) is 49.6 Å². The van der Waals surface area contributed by atoms with E-state index in [4.69, 9.17) is 16.3 Å². The first-order valence-electron chi connectivity index (χ1n) is 15.4. The lowest BCUT2D eigenvalue weighted by Crippen LogP contribution is -2.52. The van der Waals surface area contributed by atoms with Crippen LogP contribution in [0.2, 0.25) is 5.02 Å². The number of aromatic nitrogens is 3. The molecule has 0 bridgehead atoms. The summed E-state index contributed by atoms with van der Waals surface area (Å²) in [6.07, 6.45) is 7.78. The lowest BCUT2D eigenvalue weighted by Gasteiger charge is -2.45. The summed E-state index contributed by atoms with van der Waals surface area (Å²) in [6, 6.07) is 3.19. The van der Waals surface area contributed by atoms with Gasteiger partial charge in [-0.2, -0.15) is 0 Å². The molecule has 0 unspecified atom stereocenters. The van der Waals surface area contributed by atoms with E-state index >= 15 is 0 Å². The molecule has 1 saturated heterocycles. The van der Waals surface area contributed by atoms with Crippen LogP contribution in [0.3, 0.4) is 0 Å². The van der Waals surface area contributed by atoms with Crippen molar-refractivity contribution in [2.45, 2.75) is 90.3 Å². The fourth-order valence-corrected chi connectivity index (χ4v) is 8.13. The Morgan fingerprint density at radius 3 is 2.71 bits per heavy atom. The second-order valence-electron chi connectivity index (χ2n) is 13.3. The molecule has 1 aromatic heterocycles. The summed E-state index contributed by atoms with van der Waals surface area (Å²) in [5.74, 6) is 0.762. The molecule has 3 atom stereocenters. The van der Waals surface area contributed by atoms with Gasteiger partial charge in [-0.3, -0.25) is 14.4 Å². The van der Waals surface area contributed by atoms with Gasteiger partial charge in [-0.15, -0.1) is 10.2 Å². The van der Waals surface area contributed by atoms with Gasteiger partial charge in [0.2, 0.25) is 11.8 Å². The van der Waals surface area contributed by atoms with Gasteiger partial charge in [-0.05, 0) is 68.6 Å². The van der Waals surface area contributed by atoms with E-state index in [9.17, 15) is 19.5 Å². The predicted molar refractivity (Wildman–Crippen MR) is 153 cm³/mol. The molecule has 11 heteroatoms. The minimum Gasteiger partial charge on any atom is -0.485 e. The Morgan fingerprint density at radius 2 is 1.95 bits per heavy atom. The molecule has 2 aromatic rings.